The molecule has 42 heavy (non-hydrogen) atoms. The number of anilines is 2. The van der Waals surface area contributed by atoms with E-state index >= 15 is 0 Å². The first-order valence-electron chi connectivity index (χ1n) is 14.4. The quantitative estimate of drug-likeness (QED) is 0.244. The van der Waals surface area contributed by atoms with E-state index in [2.05, 4.69) is 39.2 Å². The van der Waals surface area contributed by atoms with Crippen LogP contribution in [0.5, 0.6) is 0 Å². The lowest BCUT2D eigenvalue weighted by atomic mass is 9.80. The van der Waals surface area contributed by atoms with E-state index < -0.39 is 17.7 Å². The van der Waals surface area contributed by atoms with Crippen molar-refractivity contribution in [2.24, 2.45) is 5.92 Å². The Balaban J connectivity index is 1.45. The zero-order chi connectivity index (χ0) is 29.4. The number of alkyl halides is 3. The molecule has 4 aromatic rings. The van der Waals surface area contributed by atoms with Crippen molar-refractivity contribution in [2.45, 2.75) is 63.7 Å². The average molecular weight is 579 g/mol. The monoisotopic (exact) mass is 578 g/mol. The summed E-state index contributed by atoms with van der Waals surface area (Å²) in [5.74, 6) is 0.0919. The Morgan fingerprint density at radius 2 is 1.76 bits per heavy atom. The summed E-state index contributed by atoms with van der Waals surface area (Å²) in [4.78, 5) is 27.7. The summed E-state index contributed by atoms with van der Waals surface area (Å²) in [6.45, 7) is 3.71. The number of aromatic carboxylic acids is 1. The highest BCUT2D eigenvalue weighted by molar-refractivity contribution is 5.91. The smallest absolute Gasteiger partial charge is 0.416 e. The van der Waals surface area contributed by atoms with Gasteiger partial charge in [-0.25, -0.2) is 14.8 Å². The van der Waals surface area contributed by atoms with Gasteiger partial charge in [-0.1, -0.05) is 48.9 Å². The molecule has 1 aliphatic carbocycles. The number of rotatable bonds is 8. The molecule has 2 N–H and O–H groups in total. The van der Waals surface area contributed by atoms with Crippen LogP contribution in [0.1, 0.15) is 72.3 Å². The number of benzene rings is 2. The van der Waals surface area contributed by atoms with Crippen molar-refractivity contribution in [3.8, 4) is 0 Å². The molecule has 2 aromatic carbocycles. The molecule has 1 saturated carbocycles. The van der Waals surface area contributed by atoms with Gasteiger partial charge in [0.15, 0.2) is 11.5 Å². The summed E-state index contributed by atoms with van der Waals surface area (Å²) >= 11 is 0. The molecule has 6 rings (SSSR count). The second-order valence-corrected chi connectivity index (χ2v) is 11.4. The Hall–Kier alpha value is -4.15. The van der Waals surface area contributed by atoms with E-state index in [4.69, 9.17) is 4.98 Å². The number of aromatic nitrogens is 4. The van der Waals surface area contributed by atoms with E-state index in [1.807, 2.05) is 22.8 Å². The minimum absolute atomic E-state index is 0.0498. The highest BCUT2D eigenvalue weighted by atomic mass is 19.4. The van der Waals surface area contributed by atoms with Crippen molar-refractivity contribution in [2.75, 3.05) is 23.3 Å². The van der Waals surface area contributed by atoms with Gasteiger partial charge in [0.2, 0.25) is 11.8 Å². The maximum absolute atomic E-state index is 13.3. The zero-order valence-corrected chi connectivity index (χ0v) is 23.3. The van der Waals surface area contributed by atoms with E-state index in [1.54, 1.807) is 0 Å². The van der Waals surface area contributed by atoms with Crippen molar-refractivity contribution in [3.05, 3.63) is 77.1 Å². The van der Waals surface area contributed by atoms with Gasteiger partial charge in [0, 0.05) is 25.0 Å². The van der Waals surface area contributed by atoms with Crippen molar-refractivity contribution >= 4 is 28.9 Å². The van der Waals surface area contributed by atoms with Crippen LogP contribution in [0.2, 0.25) is 0 Å². The Morgan fingerprint density at radius 3 is 2.40 bits per heavy atom. The molecule has 2 aliphatic rings. The first-order chi connectivity index (χ1) is 20.2. The molecule has 0 radical (unpaired) electrons. The highest BCUT2D eigenvalue weighted by Crippen LogP contribution is 2.36. The van der Waals surface area contributed by atoms with Gasteiger partial charge in [0.05, 0.1) is 12.1 Å². The van der Waals surface area contributed by atoms with E-state index in [0.717, 1.165) is 50.8 Å². The summed E-state index contributed by atoms with van der Waals surface area (Å²) in [5, 5.41) is 13.2. The van der Waals surface area contributed by atoms with Crippen LogP contribution in [-0.4, -0.2) is 49.7 Å². The Kier molecular flexibility index (Phi) is 7.51. The highest BCUT2D eigenvalue weighted by Gasteiger charge is 2.32. The lowest BCUT2D eigenvalue weighted by Gasteiger charge is -2.34. The number of fused-ring (bicyclic) bond motifs is 1. The molecule has 11 heteroatoms. The summed E-state index contributed by atoms with van der Waals surface area (Å²) in [6, 6.07) is 15.4. The summed E-state index contributed by atoms with van der Waals surface area (Å²) in [7, 11) is 0. The molecule has 2 atom stereocenters. The minimum atomic E-state index is -4.43. The van der Waals surface area contributed by atoms with Crippen LogP contribution in [0.3, 0.4) is 0 Å². The van der Waals surface area contributed by atoms with Gasteiger partial charge < -0.3 is 19.9 Å². The van der Waals surface area contributed by atoms with Crippen LogP contribution >= 0.6 is 0 Å². The molecule has 0 spiro atoms. The fourth-order valence-electron chi connectivity index (χ4n) is 6.02. The van der Waals surface area contributed by atoms with Gasteiger partial charge in [-0.3, -0.25) is 0 Å². The third-order valence-electron chi connectivity index (χ3n) is 8.59. The predicted molar refractivity (Wildman–Crippen MR) is 154 cm³/mol. The number of halogens is 3. The average Bonchev–Trinajstić information content (AvgIpc) is 3.31. The molecule has 2 unspecified atom stereocenters. The van der Waals surface area contributed by atoms with Gasteiger partial charge in [-0.2, -0.15) is 18.2 Å². The van der Waals surface area contributed by atoms with Crippen molar-refractivity contribution in [1.82, 2.24) is 19.5 Å². The van der Waals surface area contributed by atoms with Gasteiger partial charge in [0.25, 0.3) is 0 Å². The number of hydrogen-bond acceptors (Lipinski definition) is 6. The van der Waals surface area contributed by atoms with Gasteiger partial charge in [-0.05, 0) is 61.8 Å². The summed E-state index contributed by atoms with van der Waals surface area (Å²) in [6.07, 6.45) is 0.844. The standard InChI is InChI=1S/C31H33F3N6O2/c1-19(21-9-5-10-21)35-26-25-27(37-28(36-26)29(41)42)38-30(39-16-6-11-23(18-39)22-7-3-2-4-8-22)40(25)17-20-12-14-24(15-13-20)31(32,33)34/h2-4,7-8,12-15,19,21,23H,5-6,9-11,16-18H2,1H3,(H,41,42)(H,35,36,37). The number of nitrogens with one attached hydrogen (secondary N) is 1. The number of carboxylic acid groups (broad SMARTS) is 1. The van der Waals surface area contributed by atoms with Crippen molar-refractivity contribution in [3.63, 3.8) is 0 Å². The SMILES string of the molecule is CC(Nc1nc(C(=O)O)nc2nc(N3CCCC(c4ccccc4)C3)n(Cc3ccc(C(F)(F)F)cc3)c12)C1CCC1. The molecule has 2 fully saturated rings. The number of nitrogens with zero attached hydrogens (tertiary/aromatic N) is 5. The van der Waals surface area contributed by atoms with Crippen LogP contribution in [0.4, 0.5) is 24.9 Å². The minimum Gasteiger partial charge on any atom is -0.475 e. The molecule has 1 aliphatic heterocycles. The van der Waals surface area contributed by atoms with Crippen LogP contribution in [-0.2, 0) is 12.7 Å². The number of carboxylic acids is 1. The maximum atomic E-state index is 13.3. The lowest BCUT2D eigenvalue weighted by Crippen LogP contribution is -2.36. The summed E-state index contributed by atoms with van der Waals surface area (Å²) in [5.41, 5.74) is 1.96. The second kappa shape index (κ2) is 11.3. The van der Waals surface area contributed by atoms with Gasteiger partial charge in [-0.15, -0.1) is 0 Å². The normalized spacial score (nSPS) is 18.6. The van der Waals surface area contributed by atoms with Crippen LogP contribution in [0.25, 0.3) is 11.2 Å². The van der Waals surface area contributed by atoms with Crippen LogP contribution in [0.15, 0.2) is 54.6 Å². The van der Waals surface area contributed by atoms with Crippen molar-refractivity contribution in [1.29, 1.82) is 0 Å². The molecule has 0 bridgehead atoms. The fraction of sp³-hybridized carbons (Fsp3) is 0.419. The maximum Gasteiger partial charge on any atom is 0.416 e. The van der Waals surface area contributed by atoms with Crippen LogP contribution < -0.4 is 10.2 Å². The number of hydrogen-bond donors (Lipinski definition) is 2. The fourth-order valence-corrected chi connectivity index (χ4v) is 6.02. The number of piperidine rings is 1. The lowest BCUT2D eigenvalue weighted by molar-refractivity contribution is -0.137. The molecule has 2 aromatic heterocycles. The van der Waals surface area contributed by atoms with E-state index in [1.165, 1.54) is 17.7 Å². The van der Waals surface area contributed by atoms with E-state index in [-0.39, 0.29) is 30.0 Å². The molecular formula is C31H33F3N6O2. The predicted octanol–water partition coefficient (Wildman–Crippen LogP) is 6.58. The topological polar surface area (TPSA) is 96.2 Å². The molecule has 3 heterocycles. The largest absolute Gasteiger partial charge is 0.475 e. The van der Waals surface area contributed by atoms with E-state index in [9.17, 15) is 23.1 Å². The first-order valence-corrected chi connectivity index (χ1v) is 14.4. The third-order valence-corrected chi connectivity index (χ3v) is 8.59. The molecule has 1 saturated heterocycles. The molecule has 0 amide bonds. The van der Waals surface area contributed by atoms with E-state index in [0.29, 0.717) is 35.3 Å². The van der Waals surface area contributed by atoms with Gasteiger partial charge >= 0.3 is 12.1 Å². The molecule has 220 valence electrons. The third kappa shape index (κ3) is 5.64. The molecule has 8 nitrogen and oxygen atoms in total. The Bertz CT molecular complexity index is 1570. The van der Waals surface area contributed by atoms with Gasteiger partial charge in [0.1, 0.15) is 5.52 Å². The Labute approximate surface area is 241 Å². The zero-order valence-electron chi connectivity index (χ0n) is 23.3. The number of carbonyl (C=O) groups is 1. The second-order valence-electron chi connectivity index (χ2n) is 11.4. The number of imidazole rings is 1. The van der Waals surface area contributed by atoms with Crippen molar-refractivity contribution < 1.29 is 23.1 Å². The molecular weight excluding hydrogens is 545 g/mol. The Morgan fingerprint density at radius 1 is 1.02 bits per heavy atom. The van der Waals surface area contributed by atoms with Crippen LogP contribution in [0, 0.1) is 5.92 Å². The first kappa shape index (κ1) is 28.0. The summed E-state index contributed by atoms with van der Waals surface area (Å²) < 4.78 is 41.7.